The summed E-state index contributed by atoms with van der Waals surface area (Å²) >= 11 is 0. The number of aliphatic hydroxyl groups is 1. The predicted octanol–water partition coefficient (Wildman–Crippen LogP) is 5.53. The zero-order valence-corrected chi connectivity index (χ0v) is 13.7. The van der Waals surface area contributed by atoms with Crippen molar-refractivity contribution in [1.29, 1.82) is 0 Å². The zero-order chi connectivity index (χ0) is 15.0. The molecule has 0 aromatic heterocycles. The SMILES string of the molecule is CCCCCCCC(C(C)C)C(C)(O)c1ccccc1. The topological polar surface area (TPSA) is 20.2 Å². The molecule has 1 aromatic carbocycles. The van der Waals surface area contributed by atoms with Gasteiger partial charge in [0.2, 0.25) is 0 Å². The van der Waals surface area contributed by atoms with Crippen LogP contribution in [0, 0.1) is 11.8 Å². The van der Waals surface area contributed by atoms with Gasteiger partial charge in [0.1, 0.15) is 0 Å². The normalized spacial score (nSPS) is 16.1. The summed E-state index contributed by atoms with van der Waals surface area (Å²) < 4.78 is 0. The summed E-state index contributed by atoms with van der Waals surface area (Å²) in [6.45, 7) is 8.69. The Morgan fingerprint density at radius 3 is 2.15 bits per heavy atom. The Kier molecular flexibility index (Phi) is 7.29. The molecule has 20 heavy (non-hydrogen) atoms. The van der Waals surface area contributed by atoms with Crippen molar-refractivity contribution in [3.05, 3.63) is 35.9 Å². The molecule has 2 unspecified atom stereocenters. The van der Waals surface area contributed by atoms with Crippen LogP contribution in [-0.4, -0.2) is 5.11 Å². The molecule has 0 amide bonds. The third-order valence-corrected chi connectivity index (χ3v) is 4.50. The minimum atomic E-state index is -0.722. The molecule has 0 aliphatic heterocycles. The van der Waals surface area contributed by atoms with E-state index in [1.165, 1.54) is 32.1 Å². The minimum absolute atomic E-state index is 0.325. The van der Waals surface area contributed by atoms with E-state index in [0.717, 1.165) is 12.0 Å². The van der Waals surface area contributed by atoms with E-state index in [0.29, 0.717) is 11.8 Å². The van der Waals surface area contributed by atoms with Crippen molar-refractivity contribution in [2.45, 2.75) is 71.8 Å². The lowest BCUT2D eigenvalue weighted by molar-refractivity contribution is -0.0308. The van der Waals surface area contributed by atoms with E-state index in [1.54, 1.807) is 0 Å². The van der Waals surface area contributed by atoms with Gasteiger partial charge in [-0.25, -0.2) is 0 Å². The predicted molar refractivity (Wildman–Crippen MR) is 87.7 cm³/mol. The average Bonchev–Trinajstić information content (AvgIpc) is 2.43. The van der Waals surface area contributed by atoms with Crippen molar-refractivity contribution >= 4 is 0 Å². The second kappa shape index (κ2) is 8.46. The van der Waals surface area contributed by atoms with E-state index in [4.69, 9.17) is 0 Å². The van der Waals surface area contributed by atoms with Crippen LogP contribution in [0.25, 0.3) is 0 Å². The highest BCUT2D eigenvalue weighted by Crippen LogP contribution is 2.37. The standard InChI is InChI=1S/C19H32O/c1-5-6-7-8-12-15-18(16(2)3)19(4,20)17-13-10-9-11-14-17/h9-11,13-14,16,18,20H,5-8,12,15H2,1-4H3. The number of rotatable bonds is 9. The van der Waals surface area contributed by atoms with Crippen LogP contribution in [0.3, 0.4) is 0 Å². The van der Waals surface area contributed by atoms with Gasteiger partial charge in [0, 0.05) is 0 Å². The van der Waals surface area contributed by atoms with Gasteiger partial charge in [0.05, 0.1) is 5.60 Å². The maximum Gasteiger partial charge on any atom is 0.0898 e. The molecular weight excluding hydrogens is 244 g/mol. The molecule has 0 spiro atoms. The maximum atomic E-state index is 11.0. The van der Waals surface area contributed by atoms with Gasteiger partial charge >= 0.3 is 0 Å². The lowest BCUT2D eigenvalue weighted by Crippen LogP contribution is -2.35. The third kappa shape index (κ3) is 4.94. The van der Waals surface area contributed by atoms with Gasteiger partial charge in [-0.05, 0) is 30.7 Å². The lowest BCUT2D eigenvalue weighted by atomic mass is 9.74. The second-order valence-corrected chi connectivity index (χ2v) is 6.57. The van der Waals surface area contributed by atoms with Gasteiger partial charge in [-0.1, -0.05) is 83.2 Å². The van der Waals surface area contributed by atoms with Crippen LogP contribution in [0.1, 0.15) is 71.8 Å². The Labute approximate surface area is 125 Å². The molecule has 1 N–H and O–H groups in total. The first-order valence-corrected chi connectivity index (χ1v) is 8.28. The fourth-order valence-electron chi connectivity index (χ4n) is 3.22. The van der Waals surface area contributed by atoms with Gasteiger partial charge in [-0.15, -0.1) is 0 Å². The number of unbranched alkanes of at least 4 members (excludes halogenated alkanes) is 4. The largest absolute Gasteiger partial charge is 0.385 e. The fourth-order valence-corrected chi connectivity index (χ4v) is 3.22. The molecule has 0 aliphatic carbocycles. The monoisotopic (exact) mass is 276 g/mol. The van der Waals surface area contributed by atoms with E-state index < -0.39 is 5.60 Å². The van der Waals surface area contributed by atoms with Crippen LogP contribution in [0.15, 0.2) is 30.3 Å². The van der Waals surface area contributed by atoms with Gasteiger partial charge < -0.3 is 5.11 Å². The van der Waals surface area contributed by atoms with Crippen LogP contribution < -0.4 is 0 Å². The summed E-state index contributed by atoms with van der Waals surface area (Å²) in [4.78, 5) is 0. The summed E-state index contributed by atoms with van der Waals surface area (Å²) in [5.74, 6) is 0.822. The van der Waals surface area contributed by atoms with Crippen LogP contribution >= 0.6 is 0 Å². The Balaban J connectivity index is 2.65. The first kappa shape index (κ1) is 17.2. The van der Waals surface area contributed by atoms with Crippen molar-refractivity contribution in [2.24, 2.45) is 11.8 Å². The summed E-state index contributed by atoms with van der Waals surface area (Å²) in [6, 6.07) is 10.1. The molecule has 1 rings (SSSR count). The van der Waals surface area contributed by atoms with E-state index in [9.17, 15) is 5.11 Å². The van der Waals surface area contributed by atoms with E-state index >= 15 is 0 Å². The van der Waals surface area contributed by atoms with Crippen molar-refractivity contribution < 1.29 is 5.11 Å². The van der Waals surface area contributed by atoms with Crippen molar-refractivity contribution in [2.75, 3.05) is 0 Å². The van der Waals surface area contributed by atoms with Crippen LogP contribution in [0.5, 0.6) is 0 Å². The molecular formula is C19H32O. The molecule has 1 heteroatoms. The summed E-state index contributed by atoms with van der Waals surface area (Å²) in [5.41, 5.74) is 0.326. The number of benzene rings is 1. The van der Waals surface area contributed by atoms with Crippen molar-refractivity contribution in [3.63, 3.8) is 0 Å². The summed E-state index contributed by atoms with van der Waals surface area (Å²) in [7, 11) is 0. The fraction of sp³-hybridized carbons (Fsp3) is 0.684. The first-order valence-electron chi connectivity index (χ1n) is 8.28. The van der Waals surface area contributed by atoms with Crippen LogP contribution in [0.4, 0.5) is 0 Å². The molecule has 0 radical (unpaired) electrons. The molecule has 0 heterocycles. The number of hydrogen-bond acceptors (Lipinski definition) is 1. The summed E-state index contributed by atoms with van der Waals surface area (Å²) in [6.07, 6.45) is 7.59. The van der Waals surface area contributed by atoms with E-state index in [1.807, 2.05) is 37.3 Å². The first-order chi connectivity index (χ1) is 9.50. The second-order valence-electron chi connectivity index (χ2n) is 6.57. The van der Waals surface area contributed by atoms with E-state index in [2.05, 4.69) is 20.8 Å². The maximum absolute atomic E-state index is 11.0. The summed E-state index contributed by atoms with van der Waals surface area (Å²) in [5, 5.41) is 11.0. The molecule has 1 nitrogen and oxygen atoms in total. The molecule has 0 aliphatic rings. The molecule has 0 saturated carbocycles. The molecule has 0 fully saturated rings. The highest BCUT2D eigenvalue weighted by molar-refractivity contribution is 5.22. The lowest BCUT2D eigenvalue weighted by Gasteiger charge is -2.36. The Hall–Kier alpha value is -0.820. The van der Waals surface area contributed by atoms with E-state index in [-0.39, 0.29) is 0 Å². The Bertz CT molecular complexity index is 353. The minimum Gasteiger partial charge on any atom is -0.385 e. The third-order valence-electron chi connectivity index (χ3n) is 4.50. The van der Waals surface area contributed by atoms with Crippen LogP contribution in [0.2, 0.25) is 0 Å². The highest BCUT2D eigenvalue weighted by Gasteiger charge is 2.34. The van der Waals surface area contributed by atoms with Crippen LogP contribution in [-0.2, 0) is 5.60 Å². The van der Waals surface area contributed by atoms with Gasteiger partial charge in [-0.3, -0.25) is 0 Å². The highest BCUT2D eigenvalue weighted by atomic mass is 16.3. The van der Waals surface area contributed by atoms with Crippen molar-refractivity contribution in [1.82, 2.24) is 0 Å². The number of hydrogen-bond donors (Lipinski definition) is 1. The smallest absolute Gasteiger partial charge is 0.0898 e. The molecule has 2 atom stereocenters. The van der Waals surface area contributed by atoms with Gasteiger partial charge in [0.25, 0.3) is 0 Å². The van der Waals surface area contributed by atoms with Crippen molar-refractivity contribution in [3.8, 4) is 0 Å². The Morgan fingerprint density at radius 1 is 1.00 bits per heavy atom. The zero-order valence-electron chi connectivity index (χ0n) is 13.7. The molecule has 1 aromatic rings. The quantitative estimate of drug-likeness (QED) is 0.588. The Morgan fingerprint density at radius 2 is 1.60 bits per heavy atom. The molecule has 114 valence electrons. The van der Waals surface area contributed by atoms with Gasteiger partial charge in [0.15, 0.2) is 0 Å². The molecule has 0 bridgehead atoms. The van der Waals surface area contributed by atoms with Gasteiger partial charge in [-0.2, -0.15) is 0 Å². The molecule has 0 saturated heterocycles. The average molecular weight is 276 g/mol.